The molecule has 0 spiro atoms. The second-order valence-electron chi connectivity index (χ2n) is 3.43. The van der Waals surface area contributed by atoms with Crippen LogP contribution in [-0.2, 0) is 14.4 Å². The Bertz CT molecular complexity index is 390. The molecule has 0 unspecified atom stereocenters. The zero-order chi connectivity index (χ0) is 13.4. The van der Waals surface area contributed by atoms with Crippen LogP contribution < -0.4 is 0 Å². The number of nitriles is 1. The molecule has 0 atom stereocenters. The lowest BCUT2D eigenvalue weighted by molar-refractivity contribution is -0.480. The molecule has 21 heavy (non-hydrogen) atoms. The van der Waals surface area contributed by atoms with Gasteiger partial charge in [-0.05, 0) is 6.92 Å². The number of rotatable bonds is 3. The van der Waals surface area contributed by atoms with Crippen molar-refractivity contribution in [3.8, 4) is 6.07 Å². The number of carbonyl (C=O) groups is 1. The number of hydrogen-bond donors (Lipinski definition) is 0. The number of carbonyl (C=O) groups excluding carboxylic acids is 1. The summed E-state index contributed by atoms with van der Waals surface area (Å²) in [6.07, 6.45) is 0. The predicted octanol–water partition coefficient (Wildman–Crippen LogP) is 0.245. The minimum absolute atomic E-state index is 0. The van der Waals surface area contributed by atoms with Gasteiger partial charge in [0.05, 0.1) is 34.8 Å². The highest BCUT2D eigenvalue weighted by Crippen LogP contribution is 1.91. The summed E-state index contributed by atoms with van der Waals surface area (Å²) in [5.74, 6) is -0.799. The van der Waals surface area contributed by atoms with Crippen LogP contribution >= 0.6 is 0 Å². The Kier molecular flexibility index (Phi) is 23.3. The number of ether oxygens (including phenoxy) is 1. The van der Waals surface area contributed by atoms with Crippen LogP contribution in [0.5, 0.6) is 0 Å². The fraction of sp³-hybridized carbons (Fsp3) is 0.600. The number of nitrogens with zero attached hydrogens (tertiary/aromatic N) is 4. The Hall–Kier alpha value is -2.38. The van der Waals surface area contributed by atoms with Gasteiger partial charge in [-0.15, -0.1) is 0 Å². The Morgan fingerprint density at radius 2 is 1.71 bits per heavy atom. The number of hydrogen-bond acceptors (Lipinski definition) is 5. The van der Waals surface area contributed by atoms with E-state index in [4.69, 9.17) is 10.1 Å². The SMILES string of the molecule is CCOC(=O)C(C#N)=NOC(N(C)C)=[N+](C)C.F.F.F.F. The van der Waals surface area contributed by atoms with Crippen LogP contribution in [0.2, 0.25) is 0 Å². The van der Waals surface area contributed by atoms with Gasteiger partial charge in [0.25, 0.3) is 5.71 Å². The van der Waals surface area contributed by atoms with E-state index in [-0.39, 0.29) is 25.4 Å². The molecule has 0 aliphatic carbocycles. The first-order valence-corrected chi connectivity index (χ1v) is 4.97. The third kappa shape index (κ3) is 11.2. The van der Waals surface area contributed by atoms with E-state index < -0.39 is 11.7 Å². The Labute approximate surface area is 119 Å². The first-order valence-electron chi connectivity index (χ1n) is 4.97. The molecule has 0 aliphatic heterocycles. The molecule has 0 saturated heterocycles. The van der Waals surface area contributed by atoms with E-state index in [1.807, 2.05) is 0 Å². The summed E-state index contributed by atoms with van der Waals surface area (Å²) in [6.45, 7) is 1.82. The van der Waals surface area contributed by atoms with Crippen molar-refractivity contribution in [2.75, 3.05) is 34.8 Å². The van der Waals surface area contributed by atoms with E-state index in [2.05, 4.69) is 9.89 Å². The van der Waals surface area contributed by atoms with E-state index in [9.17, 15) is 4.79 Å². The monoisotopic (exact) mass is 321 g/mol. The average molecular weight is 321 g/mol. The summed E-state index contributed by atoms with van der Waals surface area (Å²) in [6, 6.07) is 2.01. The summed E-state index contributed by atoms with van der Waals surface area (Å²) in [5.41, 5.74) is -0.423. The zero-order valence-electron chi connectivity index (χ0n) is 12.4. The summed E-state index contributed by atoms with van der Waals surface area (Å²) in [7, 11) is 7.01. The molecule has 0 saturated carbocycles. The van der Waals surface area contributed by atoms with Crippen LogP contribution in [0.4, 0.5) is 18.8 Å². The van der Waals surface area contributed by atoms with Crippen molar-refractivity contribution >= 4 is 17.7 Å². The second kappa shape index (κ2) is 15.7. The predicted molar refractivity (Wildman–Crippen MR) is 71.6 cm³/mol. The third-order valence-electron chi connectivity index (χ3n) is 1.56. The van der Waals surface area contributed by atoms with Gasteiger partial charge < -0.3 is 4.74 Å². The largest absolute Gasteiger partial charge is 0.471 e. The molecule has 0 bridgehead atoms. The fourth-order valence-electron chi connectivity index (χ4n) is 0.953. The summed E-state index contributed by atoms with van der Waals surface area (Å²) < 4.78 is 6.30. The molecule has 7 nitrogen and oxygen atoms in total. The molecular weight excluding hydrogens is 300 g/mol. The zero-order valence-corrected chi connectivity index (χ0v) is 12.4. The van der Waals surface area contributed by atoms with Gasteiger partial charge in [-0.1, -0.05) is 5.16 Å². The second-order valence-corrected chi connectivity index (χ2v) is 3.43. The van der Waals surface area contributed by atoms with Crippen molar-refractivity contribution in [2.45, 2.75) is 6.92 Å². The molecular formula is C10H21F4N4O3+. The molecule has 0 aromatic heterocycles. The third-order valence-corrected chi connectivity index (χ3v) is 1.56. The summed E-state index contributed by atoms with van der Waals surface area (Å²) in [5, 5.41) is 12.2. The van der Waals surface area contributed by atoms with Crippen molar-refractivity contribution in [3.05, 3.63) is 0 Å². The van der Waals surface area contributed by atoms with Crippen molar-refractivity contribution in [3.63, 3.8) is 0 Å². The standard InChI is InChI=1S/C10H17N4O3.4FH/c1-6-16-9(15)8(7-11)12-17-10(13(2)3)14(4)5;;;;/h6H2,1-5H3;4*1H/q+1;;;;. The highest BCUT2D eigenvalue weighted by Gasteiger charge is 2.17. The molecule has 0 amide bonds. The molecule has 0 aromatic rings. The lowest BCUT2D eigenvalue weighted by atomic mass is 10.4. The van der Waals surface area contributed by atoms with Gasteiger partial charge in [-0.3, -0.25) is 23.7 Å². The first-order chi connectivity index (χ1) is 7.93. The molecule has 126 valence electrons. The van der Waals surface area contributed by atoms with Crippen LogP contribution in [0.25, 0.3) is 0 Å². The van der Waals surface area contributed by atoms with Gasteiger partial charge in [0.1, 0.15) is 6.07 Å². The van der Waals surface area contributed by atoms with Gasteiger partial charge in [-0.2, -0.15) is 5.26 Å². The van der Waals surface area contributed by atoms with Crippen LogP contribution in [-0.4, -0.2) is 62.0 Å². The maximum atomic E-state index is 11.2. The van der Waals surface area contributed by atoms with E-state index in [1.54, 1.807) is 50.7 Å². The number of oxime groups is 1. The molecule has 0 heterocycles. The minimum atomic E-state index is -0.799. The van der Waals surface area contributed by atoms with Crippen LogP contribution in [0, 0.1) is 11.3 Å². The Morgan fingerprint density at radius 3 is 2.00 bits per heavy atom. The lowest BCUT2D eigenvalue weighted by Crippen LogP contribution is -2.31. The molecule has 0 radical (unpaired) electrons. The number of halogens is 4. The lowest BCUT2D eigenvalue weighted by Gasteiger charge is -2.07. The van der Waals surface area contributed by atoms with Gasteiger partial charge in [-0.25, -0.2) is 14.3 Å². The maximum Gasteiger partial charge on any atom is 0.471 e. The summed E-state index contributed by atoms with van der Waals surface area (Å²) in [4.78, 5) is 17.9. The van der Waals surface area contributed by atoms with Crippen LogP contribution in [0.1, 0.15) is 6.92 Å². The maximum absolute atomic E-state index is 11.2. The van der Waals surface area contributed by atoms with Gasteiger partial charge >= 0.3 is 12.0 Å². The normalized spacial score (nSPS) is 8.29. The summed E-state index contributed by atoms with van der Waals surface area (Å²) >= 11 is 0. The molecule has 0 rings (SSSR count). The van der Waals surface area contributed by atoms with E-state index in [1.165, 1.54) is 0 Å². The Morgan fingerprint density at radius 1 is 1.24 bits per heavy atom. The Balaban J connectivity index is -0.000000213. The van der Waals surface area contributed by atoms with Gasteiger partial charge in [0.15, 0.2) is 0 Å². The fourth-order valence-corrected chi connectivity index (χ4v) is 0.953. The van der Waals surface area contributed by atoms with E-state index in [0.717, 1.165) is 0 Å². The molecule has 11 heteroatoms. The molecule has 0 fully saturated rings. The van der Waals surface area contributed by atoms with Crippen molar-refractivity contribution in [2.24, 2.45) is 5.16 Å². The van der Waals surface area contributed by atoms with Crippen molar-refractivity contribution < 1.29 is 37.8 Å². The van der Waals surface area contributed by atoms with Crippen molar-refractivity contribution in [1.29, 1.82) is 5.26 Å². The van der Waals surface area contributed by atoms with Gasteiger partial charge in [0.2, 0.25) is 0 Å². The van der Waals surface area contributed by atoms with Crippen LogP contribution in [0.3, 0.4) is 0 Å². The first kappa shape index (κ1) is 31.2. The highest BCUT2D eigenvalue weighted by atomic mass is 19.0. The van der Waals surface area contributed by atoms with E-state index in [0.29, 0.717) is 6.02 Å². The molecule has 0 N–H and O–H groups in total. The quantitative estimate of drug-likeness (QED) is 0.186. The topological polar surface area (TPSA) is 77.9 Å². The van der Waals surface area contributed by atoms with Crippen molar-refractivity contribution in [1.82, 2.24) is 4.90 Å². The molecule has 0 aliphatic rings. The van der Waals surface area contributed by atoms with Crippen LogP contribution in [0.15, 0.2) is 5.16 Å². The number of amidine groups is 1. The highest BCUT2D eigenvalue weighted by molar-refractivity contribution is 6.42. The van der Waals surface area contributed by atoms with Gasteiger partial charge in [0, 0.05) is 0 Å². The average Bonchev–Trinajstić information content (AvgIpc) is 2.23. The molecule has 0 aromatic carbocycles. The van der Waals surface area contributed by atoms with E-state index >= 15 is 0 Å². The minimum Gasteiger partial charge on any atom is -0.461 e. The smallest absolute Gasteiger partial charge is 0.461 e. The number of esters is 1.